The van der Waals surface area contributed by atoms with E-state index >= 15 is 0 Å². The zero-order valence-electron chi connectivity index (χ0n) is 10.3. The molecule has 3 heterocycles. The minimum absolute atomic E-state index is 0.568. The molecule has 0 radical (unpaired) electrons. The van der Waals surface area contributed by atoms with Crippen LogP contribution in [0.1, 0.15) is 32.1 Å². The summed E-state index contributed by atoms with van der Waals surface area (Å²) < 4.78 is 0. The first-order chi connectivity index (χ1) is 8.33. The van der Waals surface area contributed by atoms with Crippen molar-refractivity contribution in [2.24, 2.45) is 0 Å². The fraction of sp³-hybridized carbons (Fsp3) is 0.692. The van der Waals surface area contributed by atoms with E-state index in [9.17, 15) is 0 Å². The molecule has 1 N–H and O–H groups in total. The Kier molecular flexibility index (Phi) is 2.97. The summed E-state index contributed by atoms with van der Waals surface area (Å²) >= 11 is 0. The number of fused-ring (bicyclic) bond motifs is 2. The molecule has 0 aromatic carbocycles. The SMILES string of the molecule is CN1C2CCCC1CC(Nc1cnccn1)C2. The molecule has 0 aliphatic carbocycles. The monoisotopic (exact) mass is 232 g/mol. The van der Waals surface area contributed by atoms with Crippen molar-refractivity contribution in [2.45, 2.75) is 50.2 Å². The van der Waals surface area contributed by atoms with Gasteiger partial charge in [0.2, 0.25) is 0 Å². The molecule has 1 aromatic rings. The van der Waals surface area contributed by atoms with Crippen LogP contribution in [0.4, 0.5) is 5.82 Å². The van der Waals surface area contributed by atoms with Crippen LogP contribution in [0, 0.1) is 0 Å². The first kappa shape index (κ1) is 11.0. The maximum absolute atomic E-state index is 4.30. The number of piperidine rings is 2. The second-order valence-electron chi connectivity index (χ2n) is 5.31. The van der Waals surface area contributed by atoms with Crippen LogP contribution < -0.4 is 5.32 Å². The van der Waals surface area contributed by atoms with Crippen LogP contribution in [-0.2, 0) is 0 Å². The minimum Gasteiger partial charge on any atom is -0.366 e. The van der Waals surface area contributed by atoms with Crippen molar-refractivity contribution in [2.75, 3.05) is 12.4 Å². The molecule has 0 spiro atoms. The number of nitrogens with zero attached hydrogens (tertiary/aromatic N) is 3. The molecule has 4 heteroatoms. The number of aromatic nitrogens is 2. The lowest BCUT2D eigenvalue weighted by Gasteiger charge is -2.47. The van der Waals surface area contributed by atoms with Gasteiger partial charge in [0.05, 0.1) is 6.20 Å². The Morgan fingerprint density at radius 3 is 2.65 bits per heavy atom. The van der Waals surface area contributed by atoms with Crippen LogP contribution >= 0.6 is 0 Å². The van der Waals surface area contributed by atoms with Crippen molar-refractivity contribution in [1.29, 1.82) is 0 Å². The third kappa shape index (κ3) is 2.27. The molecule has 0 amide bonds. The van der Waals surface area contributed by atoms with Gasteiger partial charge in [-0.1, -0.05) is 6.42 Å². The molecule has 2 unspecified atom stereocenters. The largest absolute Gasteiger partial charge is 0.366 e. The highest BCUT2D eigenvalue weighted by molar-refractivity contribution is 5.31. The van der Waals surface area contributed by atoms with E-state index in [-0.39, 0.29) is 0 Å². The van der Waals surface area contributed by atoms with Gasteiger partial charge < -0.3 is 10.2 Å². The van der Waals surface area contributed by atoms with E-state index in [0.717, 1.165) is 17.9 Å². The van der Waals surface area contributed by atoms with Gasteiger partial charge in [-0.25, -0.2) is 4.98 Å². The quantitative estimate of drug-likeness (QED) is 0.845. The minimum atomic E-state index is 0.568. The Morgan fingerprint density at radius 2 is 2.00 bits per heavy atom. The topological polar surface area (TPSA) is 41.0 Å². The summed E-state index contributed by atoms with van der Waals surface area (Å²) in [5.41, 5.74) is 0. The van der Waals surface area contributed by atoms with Crippen molar-refractivity contribution in [3.05, 3.63) is 18.6 Å². The van der Waals surface area contributed by atoms with Crippen molar-refractivity contribution in [3.63, 3.8) is 0 Å². The first-order valence-electron chi connectivity index (χ1n) is 6.57. The molecule has 92 valence electrons. The van der Waals surface area contributed by atoms with Crippen LogP contribution in [-0.4, -0.2) is 40.0 Å². The molecule has 17 heavy (non-hydrogen) atoms. The van der Waals surface area contributed by atoms with Gasteiger partial charge >= 0.3 is 0 Å². The standard InChI is InChI=1S/C13H20N4/c1-17-11-3-2-4-12(17)8-10(7-11)16-13-9-14-5-6-15-13/h5-6,9-12H,2-4,7-8H2,1H3,(H,15,16). The number of rotatable bonds is 2. The second kappa shape index (κ2) is 4.61. The van der Waals surface area contributed by atoms with E-state index in [4.69, 9.17) is 0 Å². The maximum atomic E-state index is 4.30. The van der Waals surface area contributed by atoms with Crippen molar-refractivity contribution < 1.29 is 0 Å². The molecule has 2 atom stereocenters. The summed E-state index contributed by atoms with van der Waals surface area (Å²) in [5.74, 6) is 0.917. The lowest BCUT2D eigenvalue weighted by molar-refractivity contribution is 0.0608. The van der Waals surface area contributed by atoms with E-state index in [1.807, 2.05) is 6.20 Å². The van der Waals surface area contributed by atoms with Gasteiger partial charge in [0.1, 0.15) is 5.82 Å². The number of anilines is 1. The molecule has 1 aromatic heterocycles. The molecule has 4 nitrogen and oxygen atoms in total. The lowest BCUT2D eigenvalue weighted by atomic mass is 9.82. The Hall–Kier alpha value is -1.16. The summed E-state index contributed by atoms with van der Waals surface area (Å²) in [7, 11) is 2.28. The second-order valence-corrected chi connectivity index (χ2v) is 5.31. The summed E-state index contributed by atoms with van der Waals surface area (Å²) in [6.45, 7) is 0. The van der Waals surface area contributed by atoms with E-state index in [0.29, 0.717) is 6.04 Å². The molecular formula is C13H20N4. The average Bonchev–Trinajstić information content (AvgIpc) is 2.32. The summed E-state index contributed by atoms with van der Waals surface area (Å²) in [5, 5.41) is 3.53. The number of hydrogen-bond acceptors (Lipinski definition) is 4. The molecule has 2 saturated heterocycles. The van der Waals surface area contributed by atoms with Gasteiger partial charge in [-0.3, -0.25) is 4.98 Å². The zero-order chi connectivity index (χ0) is 11.7. The van der Waals surface area contributed by atoms with Gasteiger partial charge in [-0.2, -0.15) is 0 Å². The Labute approximate surface area is 102 Å². The number of nitrogens with one attached hydrogen (secondary N) is 1. The summed E-state index contributed by atoms with van der Waals surface area (Å²) in [6, 6.07) is 2.09. The fourth-order valence-electron chi connectivity index (χ4n) is 3.32. The van der Waals surface area contributed by atoms with Crippen LogP contribution in [0.5, 0.6) is 0 Å². The molecule has 3 rings (SSSR count). The van der Waals surface area contributed by atoms with Gasteiger partial charge in [0.15, 0.2) is 0 Å². The third-order valence-corrected chi connectivity index (χ3v) is 4.25. The van der Waals surface area contributed by atoms with E-state index < -0.39 is 0 Å². The van der Waals surface area contributed by atoms with Gasteiger partial charge in [0, 0.05) is 30.5 Å². The van der Waals surface area contributed by atoms with Crippen molar-refractivity contribution >= 4 is 5.82 Å². The van der Waals surface area contributed by atoms with Gasteiger partial charge in [-0.15, -0.1) is 0 Å². The predicted molar refractivity (Wildman–Crippen MR) is 67.9 cm³/mol. The van der Waals surface area contributed by atoms with E-state index in [1.54, 1.807) is 12.4 Å². The Bertz CT molecular complexity index is 353. The highest BCUT2D eigenvalue weighted by Crippen LogP contribution is 2.33. The molecule has 2 bridgehead atoms. The normalized spacial score (nSPS) is 33.4. The molecule has 2 aliphatic heterocycles. The number of hydrogen-bond donors (Lipinski definition) is 1. The Balaban J connectivity index is 1.66. The lowest BCUT2D eigenvalue weighted by Crippen LogP contribution is -2.52. The zero-order valence-corrected chi connectivity index (χ0v) is 10.3. The first-order valence-corrected chi connectivity index (χ1v) is 6.57. The highest BCUT2D eigenvalue weighted by Gasteiger charge is 2.35. The summed E-state index contributed by atoms with van der Waals surface area (Å²) in [4.78, 5) is 11.0. The Morgan fingerprint density at radius 1 is 1.24 bits per heavy atom. The molecular weight excluding hydrogens is 212 g/mol. The van der Waals surface area contributed by atoms with Crippen LogP contribution in [0.15, 0.2) is 18.6 Å². The maximum Gasteiger partial charge on any atom is 0.144 e. The molecule has 2 fully saturated rings. The van der Waals surface area contributed by atoms with Gasteiger partial charge in [0.25, 0.3) is 0 Å². The predicted octanol–water partition coefficient (Wildman–Crippen LogP) is 1.90. The van der Waals surface area contributed by atoms with Gasteiger partial charge in [-0.05, 0) is 32.7 Å². The van der Waals surface area contributed by atoms with Crippen LogP contribution in [0.3, 0.4) is 0 Å². The van der Waals surface area contributed by atoms with E-state index in [2.05, 4.69) is 27.2 Å². The fourth-order valence-corrected chi connectivity index (χ4v) is 3.32. The molecule has 0 saturated carbocycles. The van der Waals surface area contributed by atoms with E-state index in [1.165, 1.54) is 32.1 Å². The average molecular weight is 232 g/mol. The van der Waals surface area contributed by atoms with Crippen LogP contribution in [0.25, 0.3) is 0 Å². The smallest absolute Gasteiger partial charge is 0.144 e. The van der Waals surface area contributed by atoms with Crippen LogP contribution in [0.2, 0.25) is 0 Å². The molecule has 2 aliphatic rings. The highest BCUT2D eigenvalue weighted by atomic mass is 15.2. The third-order valence-electron chi connectivity index (χ3n) is 4.25. The summed E-state index contributed by atoms with van der Waals surface area (Å²) in [6.07, 6.45) is 11.9. The van der Waals surface area contributed by atoms with Crippen molar-refractivity contribution in [3.8, 4) is 0 Å². The van der Waals surface area contributed by atoms with Crippen molar-refractivity contribution in [1.82, 2.24) is 14.9 Å².